The van der Waals surface area contributed by atoms with Gasteiger partial charge in [-0.05, 0) is 37.6 Å². The van der Waals surface area contributed by atoms with Gasteiger partial charge in [0.2, 0.25) is 0 Å². The molecule has 2 aromatic rings. The molecule has 2 atom stereocenters. The van der Waals surface area contributed by atoms with Crippen molar-refractivity contribution in [3.05, 3.63) is 64.7 Å². The monoisotopic (exact) mass is 434 g/mol. The Morgan fingerprint density at radius 1 is 1.19 bits per heavy atom. The van der Waals surface area contributed by atoms with Crippen LogP contribution in [-0.2, 0) is 4.74 Å². The molecule has 1 aliphatic heterocycles. The Morgan fingerprint density at radius 3 is 2.65 bits per heavy atom. The molecule has 1 heterocycles. The molecule has 1 fully saturated rings. The highest BCUT2D eigenvalue weighted by Gasteiger charge is 2.23. The lowest BCUT2D eigenvalue weighted by molar-refractivity contribution is 0.0700. The Balaban J connectivity index is 1.72. The Kier molecular flexibility index (Phi) is 8.48. The molecule has 1 aliphatic rings. The number of carbonyl (C=O) groups is 1. The highest BCUT2D eigenvalue weighted by Crippen LogP contribution is 2.27. The van der Waals surface area contributed by atoms with Gasteiger partial charge in [0, 0.05) is 24.2 Å². The van der Waals surface area contributed by atoms with Crippen LogP contribution in [0.1, 0.15) is 40.9 Å². The highest BCUT2D eigenvalue weighted by molar-refractivity contribution is 6.11. The van der Waals surface area contributed by atoms with E-state index in [0.717, 1.165) is 31.1 Å². The number of halogens is 2. The predicted octanol–water partition coefficient (Wildman–Crippen LogP) is 2.60. The first-order valence-electron chi connectivity index (χ1n) is 10.4. The number of aliphatic hydroxyl groups is 1. The summed E-state index contributed by atoms with van der Waals surface area (Å²) < 4.78 is 38.9. The minimum Gasteiger partial charge on any atom is -0.490 e. The molecule has 6 nitrogen and oxygen atoms in total. The molecule has 168 valence electrons. The molecule has 3 N–H and O–H groups in total. The zero-order valence-corrected chi connectivity index (χ0v) is 17.5. The highest BCUT2D eigenvalue weighted by atomic mass is 19.2. The van der Waals surface area contributed by atoms with Gasteiger partial charge in [-0.3, -0.25) is 4.79 Å². The molecule has 3 rings (SSSR count). The summed E-state index contributed by atoms with van der Waals surface area (Å²) in [6, 6.07) is 9.50. The van der Waals surface area contributed by atoms with Crippen LogP contribution in [0.3, 0.4) is 0 Å². The summed E-state index contributed by atoms with van der Waals surface area (Å²) in [5.41, 5.74) is 0.795. The Bertz CT molecular complexity index is 871. The molecule has 0 amide bonds. The lowest BCUT2D eigenvalue weighted by atomic mass is 9.98. The van der Waals surface area contributed by atoms with E-state index in [9.17, 15) is 13.6 Å². The average Bonchev–Trinajstić information content (AvgIpc) is 3.29. The number of ketones is 1. The van der Waals surface area contributed by atoms with Crippen LogP contribution < -0.4 is 15.4 Å². The van der Waals surface area contributed by atoms with E-state index >= 15 is 0 Å². The smallest absolute Gasteiger partial charge is 0.199 e. The summed E-state index contributed by atoms with van der Waals surface area (Å²) in [5.74, 6) is -3.07. The van der Waals surface area contributed by atoms with E-state index in [2.05, 4.69) is 10.6 Å². The molecule has 0 spiro atoms. The van der Waals surface area contributed by atoms with E-state index in [1.807, 2.05) is 19.1 Å². The van der Waals surface area contributed by atoms with Crippen molar-refractivity contribution in [2.75, 3.05) is 39.5 Å². The van der Waals surface area contributed by atoms with Crippen LogP contribution in [0.2, 0.25) is 0 Å². The van der Waals surface area contributed by atoms with E-state index in [4.69, 9.17) is 14.6 Å². The third-order valence-electron chi connectivity index (χ3n) is 5.22. The number of nitrogens with one attached hydrogen (secondary N) is 2. The number of benzene rings is 2. The summed E-state index contributed by atoms with van der Waals surface area (Å²) in [7, 11) is 0. The van der Waals surface area contributed by atoms with E-state index in [1.165, 1.54) is 6.07 Å². The van der Waals surface area contributed by atoms with Crippen LogP contribution in [0.15, 0.2) is 36.4 Å². The molecular formula is C23H28F2N2O4. The topological polar surface area (TPSA) is 79.8 Å². The van der Waals surface area contributed by atoms with Gasteiger partial charge in [0.15, 0.2) is 17.4 Å². The maximum absolute atomic E-state index is 14.5. The fourth-order valence-corrected chi connectivity index (χ4v) is 3.56. The van der Waals surface area contributed by atoms with Gasteiger partial charge in [-0.25, -0.2) is 8.78 Å². The van der Waals surface area contributed by atoms with Gasteiger partial charge in [-0.2, -0.15) is 0 Å². The molecule has 1 unspecified atom stereocenters. The zero-order valence-electron chi connectivity index (χ0n) is 17.5. The van der Waals surface area contributed by atoms with Crippen LogP contribution in [-0.4, -0.2) is 56.4 Å². The van der Waals surface area contributed by atoms with Gasteiger partial charge in [-0.1, -0.05) is 24.3 Å². The molecule has 0 bridgehead atoms. The van der Waals surface area contributed by atoms with Gasteiger partial charge < -0.3 is 25.2 Å². The molecule has 8 heteroatoms. The number of carbonyl (C=O) groups excluding carboxylic acids is 1. The molecule has 1 saturated heterocycles. The third kappa shape index (κ3) is 6.07. The summed E-state index contributed by atoms with van der Waals surface area (Å²) in [6.45, 7) is 4.15. The standard InChI is InChI=1S/C23H28F2N2O4/c1-15(27-18-8-9-26-14-18)16-2-4-17(5-3-16)23(29)21-20(7-6-19(24)22(21)25)31-13-12-30-11-10-28/h2-7,15,18,26-28H,8-14H2,1H3/t15?,18-/m0/s1. The first-order valence-corrected chi connectivity index (χ1v) is 10.4. The van der Waals surface area contributed by atoms with E-state index < -0.39 is 23.0 Å². The van der Waals surface area contributed by atoms with Crippen molar-refractivity contribution in [2.24, 2.45) is 0 Å². The Labute approximate surface area is 180 Å². The Hall–Kier alpha value is -2.39. The van der Waals surface area contributed by atoms with Crippen LogP contribution in [0.25, 0.3) is 0 Å². The first-order chi connectivity index (χ1) is 15.0. The van der Waals surface area contributed by atoms with Crippen LogP contribution >= 0.6 is 0 Å². The SMILES string of the molecule is CC(N[C@H]1CCNC1)c1ccc(C(=O)c2c(OCCOCCO)ccc(F)c2F)cc1. The van der Waals surface area contributed by atoms with E-state index in [-0.39, 0.29) is 43.8 Å². The number of hydrogen-bond donors (Lipinski definition) is 3. The molecule has 2 aromatic carbocycles. The second kappa shape index (κ2) is 11.3. The van der Waals surface area contributed by atoms with E-state index in [0.29, 0.717) is 6.04 Å². The van der Waals surface area contributed by atoms with Crippen molar-refractivity contribution in [2.45, 2.75) is 25.4 Å². The summed E-state index contributed by atoms with van der Waals surface area (Å²) in [5, 5.41) is 15.5. The lowest BCUT2D eigenvalue weighted by Crippen LogP contribution is -2.33. The predicted molar refractivity (Wildman–Crippen MR) is 112 cm³/mol. The maximum atomic E-state index is 14.5. The van der Waals surface area contributed by atoms with Crippen molar-refractivity contribution in [3.63, 3.8) is 0 Å². The first kappa shape index (κ1) is 23.3. The second-order valence-electron chi connectivity index (χ2n) is 7.45. The van der Waals surface area contributed by atoms with Gasteiger partial charge in [-0.15, -0.1) is 0 Å². The third-order valence-corrected chi connectivity index (χ3v) is 5.22. The molecule has 0 aliphatic carbocycles. The van der Waals surface area contributed by atoms with E-state index in [1.54, 1.807) is 12.1 Å². The minimum absolute atomic E-state index is 0.0312. The van der Waals surface area contributed by atoms with Crippen molar-refractivity contribution in [1.29, 1.82) is 0 Å². The quantitative estimate of drug-likeness (QED) is 0.373. The van der Waals surface area contributed by atoms with Crippen molar-refractivity contribution in [1.82, 2.24) is 10.6 Å². The maximum Gasteiger partial charge on any atom is 0.199 e. The van der Waals surface area contributed by atoms with Gasteiger partial charge in [0.05, 0.1) is 19.8 Å². The summed E-state index contributed by atoms with van der Waals surface area (Å²) in [4.78, 5) is 13.0. The van der Waals surface area contributed by atoms with Gasteiger partial charge in [0.25, 0.3) is 0 Å². The molecule has 31 heavy (non-hydrogen) atoms. The summed E-state index contributed by atoms with van der Waals surface area (Å²) >= 11 is 0. The summed E-state index contributed by atoms with van der Waals surface area (Å²) in [6.07, 6.45) is 1.06. The fraction of sp³-hybridized carbons (Fsp3) is 0.435. The van der Waals surface area contributed by atoms with Crippen molar-refractivity contribution in [3.8, 4) is 5.75 Å². The van der Waals surface area contributed by atoms with Crippen LogP contribution in [0.4, 0.5) is 8.78 Å². The Morgan fingerprint density at radius 2 is 1.97 bits per heavy atom. The number of rotatable bonds is 11. The molecule has 0 aromatic heterocycles. The largest absolute Gasteiger partial charge is 0.490 e. The minimum atomic E-state index is -1.24. The average molecular weight is 434 g/mol. The van der Waals surface area contributed by atoms with Crippen molar-refractivity contribution >= 4 is 5.78 Å². The lowest BCUT2D eigenvalue weighted by Gasteiger charge is -2.19. The van der Waals surface area contributed by atoms with Gasteiger partial charge in [0.1, 0.15) is 17.9 Å². The van der Waals surface area contributed by atoms with Crippen molar-refractivity contribution < 1.29 is 28.2 Å². The van der Waals surface area contributed by atoms with Crippen LogP contribution in [0.5, 0.6) is 5.75 Å². The normalized spacial score (nSPS) is 17.0. The number of ether oxygens (including phenoxy) is 2. The number of hydrogen-bond acceptors (Lipinski definition) is 6. The van der Waals surface area contributed by atoms with Crippen LogP contribution in [0, 0.1) is 11.6 Å². The van der Waals surface area contributed by atoms with Gasteiger partial charge >= 0.3 is 0 Å². The molecule has 0 saturated carbocycles. The number of aliphatic hydroxyl groups excluding tert-OH is 1. The fourth-order valence-electron chi connectivity index (χ4n) is 3.56. The second-order valence-corrected chi connectivity index (χ2v) is 7.45. The molecular weight excluding hydrogens is 406 g/mol. The molecule has 0 radical (unpaired) electrons. The zero-order chi connectivity index (χ0) is 22.2.